The first-order chi connectivity index (χ1) is 29.1. The summed E-state index contributed by atoms with van der Waals surface area (Å²) in [5, 5.41) is 30.2. The van der Waals surface area contributed by atoms with E-state index in [1.165, 1.54) is 22.9 Å². The molecule has 0 spiro atoms. The van der Waals surface area contributed by atoms with Crippen molar-refractivity contribution in [1.29, 1.82) is 0 Å². The van der Waals surface area contributed by atoms with Gasteiger partial charge in [0.15, 0.2) is 0 Å². The van der Waals surface area contributed by atoms with Crippen LogP contribution in [-0.2, 0) is 32.6 Å². The molecule has 0 atom stereocenters. The Balaban J connectivity index is 1.01. The molecule has 0 unspecified atom stereocenters. The number of hydrazine groups is 2. The molecule has 9 N–H and O–H groups in total. The van der Waals surface area contributed by atoms with E-state index in [2.05, 4.69) is 47.4 Å². The van der Waals surface area contributed by atoms with Crippen molar-refractivity contribution >= 4 is 79.6 Å². The molecule has 0 fully saturated rings. The number of tetrazole rings is 1. The predicted octanol–water partition coefficient (Wildman–Crippen LogP) is 5.76. The third-order valence-electron chi connectivity index (χ3n) is 8.74. The van der Waals surface area contributed by atoms with Gasteiger partial charge in [-0.1, -0.05) is 52.8 Å². The van der Waals surface area contributed by atoms with Gasteiger partial charge in [0, 0.05) is 27.1 Å². The first-order valence-electron chi connectivity index (χ1n) is 17.7. The lowest BCUT2D eigenvalue weighted by atomic mass is 10.1. The molecule has 0 bridgehead atoms. The molecule has 6 aromatic carbocycles. The number of aliphatic hydroxyl groups excluding tert-OH is 2. The summed E-state index contributed by atoms with van der Waals surface area (Å²) in [6.07, 6.45) is 0. The van der Waals surface area contributed by atoms with E-state index in [1.54, 1.807) is 109 Å². The molecule has 0 saturated heterocycles. The van der Waals surface area contributed by atoms with Crippen molar-refractivity contribution < 1.29 is 37.5 Å². The molecule has 7 rings (SSSR count). The van der Waals surface area contributed by atoms with Crippen LogP contribution < -0.4 is 31.9 Å². The second-order valence-corrected chi connectivity index (χ2v) is 15.4. The van der Waals surface area contributed by atoms with E-state index in [0.717, 1.165) is 12.0 Å². The number of carbonyl (C=O) groups is 2. The number of aliphatic hydroxyl groups is 2. The van der Waals surface area contributed by atoms with E-state index in [1.807, 2.05) is 0 Å². The molecule has 0 saturated carbocycles. The third kappa shape index (κ3) is 9.87. The molecule has 0 aliphatic carbocycles. The number of aromatic amines is 1. The van der Waals surface area contributed by atoms with Crippen LogP contribution in [0.5, 0.6) is 0 Å². The normalized spacial score (nSPS) is 11.2. The fourth-order valence-corrected chi connectivity index (χ4v) is 7.86. The SMILES string of the molecule is O=C(NNc1ccc(NOOSc2cc(S(=O)(=O)Nc3ccc(NNC(=O)c4ccccc4CO)cc3)c3ccc(-n4[nH]nnc4=S)cc3c2)cc1)c1ccccc1CO. The molecule has 1 aromatic heterocycles. The minimum absolute atomic E-state index is 0.0658. The molecule has 0 aliphatic rings. The van der Waals surface area contributed by atoms with Crippen LogP contribution in [-0.4, -0.2) is 50.7 Å². The largest absolute Gasteiger partial charge is 0.392 e. The predicted molar refractivity (Wildman–Crippen MR) is 226 cm³/mol. The summed E-state index contributed by atoms with van der Waals surface area (Å²) in [7, 11) is -4.22. The summed E-state index contributed by atoms with van der Waals surface area (Å²) < 4.78 is 37.6. The number of nitrogens with zero attached hydrogens (tertiary/aromatic N) is 3. The molecule has 7 aromatic rings. The summed E-state index contributed by atoms with van der Waals surface area (Å²) in [5.74, 6) is -0.870. The minimum Gasteiger partial charge on any atom is -0.392 e. The number of hydrogen-bond donors (Lipinski definition) is 9. The van der Waals surface area contributed by atoms with Crippen LogP contribution in [0.4, 0.5) is 22.7 Å². The topological polar surface area (TPSA) is 246 Å². The summed E-state index contributed by atoms with van der Waals surface area (Å²) in [4.78, 5) is 30.7. The van der Waals surface area contributed by atoms with Gasteiger partial charge < -0.3 is 10.2 Å². The number of amides is 2. The van der Waals surface area contributed by atoms with Crippen molar-refractivity contribution in [1.82, 2.24) is 31.1 Å². The number of sulfonamides is 1. The van der Waals surface area contributed by atoms with Crippen molar-refractivity contribution in [3.63, 3.8) is 0 Å². The van der Waals surface area contributed by atoms with Gasteiger partial charge in [-0.2, -0.15) is 5.21 Å². The second-order valence-electron chi connectivity index (χ2n) is 12.6. The number of carbonyl (C=O) groups excluding carboxylic acids is 2. The minimum atomic E-state index is -4.22. The van der Waals surface area contributed by atoms with Crippen molar-refractivity contribution in [2.75, 3.05) is 21.1 Å². The first-order valence-corrected chi connectivity index (χ1v) is 20.3. The Bertz CT molecular complexity index is 2820. The van der Waals surface area contributed by atoms with Crippen LogP contribution in [0.2, 0.25) is 0 Å². The van der Waals surface area contributed by atoms with E-state index in [0.29, 0.717) is 60.7 Å². The van der Waals surface area contributed by atoms with Gasteiger partial charge in [0.25, 0.3) is 21.8 Å². The van der Waals surface area contributed by atoms with Gasteiger partial charge in [0.05, 0.1) is 52.9 Å². The smallest absolute Gasteiger partial charge is 0.269 e. The first kappa shape index (κ1) is 41.3. The Hall–Kier alpha value is -6.85. The lowest BCUT2D eigenvalue weighted by molar-refractivity contribution is -0.161. The van der Waals surface area contributed by atoms with Gasteiger partial charge >= 0.3 is 0 Å². The third-order valence-corrected chi connectivity index (χ3v) is 11.0. The van der Waals surface area contributed by atoms with Crippen LogP contribution in [0.25, 0.3) is 16.5 Å². The summed E-state index contributed by atoms with van der Waals surface area (Å²) in [6.45, 7) is -0.568. The molecule has 0 aliphatic heterocycles. The van der Waals surface area contributed by atoms with E-state index in [9.17, 15) is 28.2 Å². The number of H-pyrrole nitrogens is 1. The van der Waals surface area contributed by atoms with Gasteiger partial charge in [-0.05, 0) is 114 Å². The summed E-state index contributed by atoms with van der Waals surface area (Å²) in [5.41, 5.74) is 17.3. The Morgan fingerprint density at radius 2 is 1.30 bits per heavy atom. The fraction of sp³-hybridized carbons (Fsp3) is 0.0513. The molecule has 306 valence electrons. The zero-order valence-electron chi connectivity index (χ0n) is 30.9. The van der Waals surface area contributed by atoms with Crippen LogP contribution >= 0.6 is 24.3 Å². The van der Waals surface area contributed by atoms with Crippen LogP contribution in [0.3, 0.4) is 0 Å². The van der Waals surface area contributed by atoms with Gasteiger partial charge in [-0.15, -0.1) is 9.32 Å². The zero-order chi connectivity index (χ0) is 42.1. The van der Waals surface area contributed by atoms with Gasteiger partial charge in [-0.25, -0.2) is 18.6 Å². The number of aromatic nitrogens is 4. The Kier molecular flexibility index (Phi) is 13.0. The Labute approximate surface area is 351 Å². The monoisotopic (exact) mass is 866 g/mol. The van der Waals surface area contributed by atoms with Crippen molar-refractivity contribution in [3.05, 3.63) is 154 Å². The lowest BCUT2D eigenvalue weighted by Crippen LogP contribution is -2.30. The van der Waals surface area contributed by atoms with Crippen molar-refractivity contribution in [3.8, 4) is 5.69 Å². The average molecular weight is 867 g/mol. The number of benzene rings is 6. The van der Waals surface area contributed by atoms with E-state index in [-0.39, 0.29) is 28.6 Å². The average Bonchev–Trinajstić information content (AvgIpc) is 3.71. The maximum Gasteiger partial charge on any atom is 0.269 e. The van der Waals surface area contributed by atoms with E-state index >= 15 is 0 Å². The second kappa shape index (κ2) is 18.8. The lowest BCUT2D eigenvalue weighted by Gasteiger charge is -2.14. The number of anilines is 4. The van der Waals surface area contributed by atoms with Gasteiger partial charge in [0.1, 0.15) is 0 Å². The Morgan fingerprint density at radius 1 is 0.733 bits per heavy atom. The van der Waals surface area contributed by atoms with Crippen LogP contribution in [0.1, 0.15) is 31.8 Å². The summed E-state index contributed by atoms with van der Waals surface area (Å²) in [6, 6.07) is 34.4. The fourth-order valence-electron chi connectivity index (χ4n) is 5.80. The zero-order valence-corrected chi connectivity index (χ0v) is 33.4. The molecular formula is C39H34N10O8S3. The molecule has 0 radical (unpaired) electrons. The highest BCUT2D eigenvalue weighted by atomic mass is 32.2. The van der Waals surface area contributed by atoms with Crippen molar-refractivity contribution in [2.45, 2.75) is 23.0 Å². The molecule has 1 heterocycles. The number of nitrogens with one attached hydrogen (secondary N) is 7. The molecular weight excluding hydrogens is 833 g/mol. The van der Waals surface area contributed by atoms with Gasteiger partial charge in [-0.3, -0.25) is 36.0 Å². The molecule has 2 amide bonds. The van der Waals surface area contributed by atoms with E-state index < -0.39 is 21.8 Å². The number of fused-ring (bicyclic) bond motifs is 1. The van der Waals surface area contributed by atoms with Gasteiger partial charge in [0.2, 0.25) is 4.77 Å². The Morgan fingerprint density at radius 3 is 1.87 bits per heavy atom. The maximum atomic E-state index is 14.0. The highest BCUT2D eigenvalue weighted by Crippen LogP contribution is 2.33. The maximum absolute atomic E-state index is 14.0. The van der Waals surface area contributed by atoms with Crippen LogP contribution in [0.15, 0.2) is 137 Å². The number of hydrogen-bond acceptors (Lipinski definition) is 15. The highest BCUT2D eigenvalue weighted by molar-refractivity contribution is 7.95. The van der Waals surface area contributed by atoms with E-state index in [4.69, 9.17) is 21.5 Å². The standard InChI is InChI=1S/C39H34N10O8S3/c50-22-24-5-1-3-7-34(24)37(52)42-40-27-9-13-29(14-10-27)45-56-57-59-32-20-26-19-31(49-39(58)44-47-48-49)17-18-33(26)36(21-32)60(54,55)46-30-15-11-28(12-16-30)41-43-38(53)35-8-4-2-6-25(35)23-51/h1-21,40-41,45-46,50-51H,22-23H2,(H,42,52)(H,43,53)(H,44,48,58). The quantitative estimate of drug-likeness (QED) is 0.0174. The molecule has 21 heteroatoms. The van der Waals surface area contributed by atoms with Crippen LogP contribution in [0, 0.1) is 4.77 Å². The number of rotatable bonds is 17. The summed E-state index contributed by atoms with van der Waals surface area (Å²) >= 11 is 6.01. The van der Waals surface area contributed by atoms with Crippen molar-refractivity contribution in [2.24, 2.45) is 0 Å². The molecule has 18 nitrogen and oxygen atoms in total. The molecule has 60 heavy (non-hydrogen) atoms. The highest BCUT2D eigenvalue weighted by Gasteiger charge is 2.21.